The Hall–Kier alpha value is -1.20. The lowest BCUT2D eigenvalue weighted by atomic mass is 9.85. The third kappa shape index (κ3) is 4.15. The zero-order chi connectivity index (χ0) is 14.2. The summed E-state index contributed by atoms with van der Waals surface area (Å²) in [6, 6.07) is 0. The average molecular weight is 279 g/mol. The molecule has 1 aliphatic carbocycles. The average Bonchev–Trinajstić information content (AvgIpc) is 2.94. The van der Waals surface area contributed by atoms with Gasteiger partial charge in [-0.05, 0) is 25.7 Å². The van der Waals surface area contributed by atoms with E-state index in [4.69, 9.17) is 9.26 Å². The largest absolute Gasteiger partial charge is 0.370 e. The molecule has 1 atom stereocenters. The van der Waals surface area contributed by atoms with E-state index in [0.717, 1.165) is 6.54 Å². The highest BCUT2D eigenvalue weighted by molar-refractivity contribution is 4.95. The molecular weight excluding hydrogens is 254 g/mol. The predicted octanol–water partition coefficient (Wildman–Crippen LogP) is 3.00. The third-order valence-electron chi connectivity index (χ3n) is 3.73. The maximum absolute atomic E-state index is 5.88. The van der Waals surface area contributed by atoms with Crippen LogP contribution in [-0.4, -0.2) is 23.3 Å². The van der Waals surface area contributed by atoms with Gasteiger partial charge in [-0.1, -0.05) is 30.5 Å². The van der Waals surface area contributed by atoms with E-state index >= 15 is 0 Å². The summed E-state index contributed by atoms with van der Waals surface area (Å²) in [5.41, 5.74) is 0. The summed E-state index contributed by atoms with van der Waals surface area (Å²) in [5.74, 6) is 1.84. The van der Waals surface area contributed by atoms with Gasteiger partial charge in [0.15, 0.2) is 0 Å². The first-order chi connectivity index (χ1) is 9.85. The van der Waals surface area contributed by atoms with Gasteiger partial charge in [0.25, 0.3) is 0 Å². The topological polar surface area (TPSA) is 60.2 Å². The van der Waals surface area contributed by atoms with Gasteiger partial charge < -0.3 is 14.6 Å². The summed E-state index contributed by atoms with van der Waals surface area (Å²) in [6.45, 7) is 7.66. The maximum Gasteiger partial charge on any atom is 0.240 e. The van der Waals surface area contributed by atoms with E-state index in [1.54, 1.807) is 0 Å². The van der Waals surface area contributed by atoms with Crippen LogP contribution in [0.5, 0.6) is 0 Å². The first-order valence-corrected chi connectivity index (χ1v) is 7.60. The van der Waals surface area contributed by atoms with Crippen LogP contribution >= 0.6 is 0 Å². The standard InChI is InChI=1S/C15H25N3O2/c1-3-10-16-11-13-17-15(18-20-13)14(19-4-2)12-8-6-5-7-9-12/h3,12,14,16H,1,4-11H2,2H3. The van der Waals surface area contributed by atoms with Gasteiger partial charge in [-0.25, -0.2) is 0 Å². The Kier molecular flexibility index (Phi) is 6.21. The van der Waals surface area contributed by atoms with Crippen LogP contribution in [0, 0.1) is 5.92 Å². The molecule has 1 unspecified atom stereocenters. The van der Waals surface area contributed by atoms with E-state index < -0.39 is 0 Å². The number of ether oxygens (including phenoxy) is 1. The molecule has 1 fully saturated rings. The first kappa shape index (κ1) is 15.2. The Balaban J connectivity index is 1.98. The van der Waals surface area contributed by atoms with E-state index in [-0.39, 0.29) is 6.10 Å². The fourth-order valence-electron chi connectivity index (χ4n) is 2.77. The second kappa shape index (κ2) is 8.17. The summed E-state index contributed by atoms with van der Waals surface area (Å²) in [4.78, 5) is 4.48. The zero-order valence-corrected chi connectivity index (χ0v) is 12.3. The lowest BCUT2D eigenvalue weighted by molar-refractivity contribution is -0.00145. The fraction of sp³-hybridized carbons (Fsp3) is 0.733. The number of nitrogens with one attached hydrogen (secondary N) is 1. The molecule has 0 amide bonds. The molecule has 1 aliphatic rings. The normalized spacial score (nSPS) is 18.1. The summed E-state index contributed by atoms with van der Waals surface area (Å²) < 4.78 is 11.2. The van der Waals surface area contributed by atoms with Gasteiger partial charge in [0.2, 0.25) is 11.7 Å². The van der Waals surface area contributed by atoms with Crippen LogP contribution in [0.2, 0.25) is 0 Å². The number of hydrogen-bond donors (Lipinski definition) is 1. The molecule has 0 spiro atoms. The van der Waals surface area contributed by atoms with Crippen molar-refractivity contribution in [3.05, 3.63) is 24.4 Å². The Morgan fingerprint density at radius 2 is 2.25 bits per heavy atom. The van der Waals surface area contributed by atoms with Gasteiger partial charge in [0.05, 0.1) is 6.54 Å². The second-order valence-electron chi connectivity index (χ2n) is 5.24. The molecule has 112 valence electrons. The van der Waals surface area contributed by atoms with Gasteiger partial charge in [-0.2, -0.15) is 4.98 Å². The summed E-state index contributed by atoms with van der Waals surface area (Å²) in [6.07, 6.45) is 8.07. The zero-order valence-electron chi connectivity index (χ0n) is 12.3. The third-order valence-corrected chi connectivity index (χ3v) is 3.73. The number of hydrogen-bond acceptors (Lipinski definition) is 5. The minimum Gasteiger partial charge on any atom is -0.370 e. The Bertz CT molecular complexity index is 400. The lowest BCUT2D eigenvalue weighted by Crippen LogP contribution is -2.20. The molecule has 1 heterocycles. The van der Waals surface area contributed by atoms with Crippen LogP contribution in [0.15, 0.2) is 17.2 Å². The molecule has 0 aromatic carbocycles. The highest BCUT2D eigenvalue weighted by Gasteiger charge is 2.29. The number of nitrogens with zero attached hydrogens (tertiary/aromatic N) is 2. The van der Waals surface area contributed by atoms with Gasteiger partial charge in [0, 0.05) is 13.2 Å². The Morgan fingerprint density at radius 1 is 1.45 bits per heavy atom. The van der Waals surface area contributed by atoms with E-state index in [9.17, 15) is 0 Å². The van der Waals surface area contributed by atoms with Gasteiger partial charge in [0.1, 0.15) is 6.10 Å². The van der Waals surface area contributed by atoms with Crippen LogP contribution in [0.3, 0.4) is 0 Å². The molecule has 1 N–H and O–H groups in total. The smallest absolute Gasteiger partial charge is 0.240 e. The van der Waals surface area contributed by atoms with Crippen molar-refractivity contribution in [1.29, 1.82) is 0 Å². The monoisotopic (exact) mass is 279 g/mol. The van der Waals surface area contributed by atoms with Crippen LogP contribution in [0.4, 0.5) is 0 Å². The molecule has 5 nitrogen and oxygen atoms in total. The molecule has 0 saturated heterocycles. The Labute approximate surface area is 120 Å². The van der Waals surface area contributed by atoms with Gasteiger partial charge >= 0.3 is 0 Å². The van der Waals surface area contributed by atoms with E-state index in [1.807, 2.05) is 13.0 Å². The number of rotatable bonds is 8. The van der Waals surface area contributed by atoms with Crippen LogP contribution < -0.4 is 5.32 Å². The van der Waals surface area contributed by atoms with Crippen LogP contribution in [0.1, 0.15) is 56.8 Å². The number of aromatic nitrogens is 2. The summed E-state index contributed by atoms with van der Waals surface area (Å²) in [5, 5.41) is 7.27. The van der Waals surface area contributed by atoms with Crippen molar-refractivity contribution in [2.75, 3.05) is 13.2 Å². The van der Waals surface area contributed by atoms with Crippen LogP contribution in [0.25, 0.3) is 0 Å². The maximum atomic E-state index is 5.88. The van der Waals surface area contributed by atoms with Crippen LogP contribution in [-0.2, 0) is 11.3 Å². The molecule has 20 heavy (non-hydrogen) atoms. The molecular formula is C15H25N3O2. The SMILES string of the molecule is C=CCNCc1nc(C(OCC)C2CCCCC2)no1. The fourth-order valence-corrected chi connectivity index (χ4v) is 2.77. The molecule has 2 rings (SSSR count). The van der Waals surface area contributed by atoms with Crippen molar-refractivity contribution < 1.29 is 9.26 Å². The van der Waals surface area contributed by atoms with Gasteiger partial charge in [-0.3, -0.25) is 0 Å². The summed E-state index contributed by atoms with van der Waals surface area (Å²) in [7, 11) is 0. The predicted molar refractivity (Wildman–Crippen MR) is 77.1 cm³/mol. The molecule has 0 aliphatic heterocycles. The molecule has 1 saturated carbocycles. The lowest BCUT2D eigenvalue weighted by Gasteiger charge is -2.27. The van der Waals surface area contributed by atoms with Crippen molar-refractivity contribution in [3.63, 3.8) is 0 Å². The van der Waals surface area contributed by atoms with Gasteiger partial charge in [-0.15, -0.1) is 6.58 Å². The molecule has 5 heteroatoms. The van der Waals surface area contributed by atoms with E-state index in [1.165, 1.54) is 32.1 Å². The minimum atomic E-state index is -0.0165. The molecule has 0 bridgehead atoms. The Morgan fingerprint density at radius 3 is 2.95 bits per heavy atom. The van der Waals surface area contributed by atoms with Crippen molar-refractivity contribution in [1.82, 2.24) is 15.5 Å². The van der Waals surface area contributed by atoms with Crippen molar-refractivity contribution in [2.45, 2.75) is 51.7 Å². The molecule has 1 aromatic heterocycles. The molecule has 0 radical (unpaired) electrons. The second-order valence-corrected chi connectivity index (χ2v) is 5.24. The summed E-state index contributed by atoms with van der Waals surface area (Å²) >= 11 is 0. The minimum absolute atomic E-state index is 0.0165. The highest BCUT2D eigenvalue weighted by Crippen LogP contribution is 2.35. The first-order valence-electron chi connectivity index (χ1n) is 7.60. The van der Waals surface area contributed by atoms with Crippen molar-refractivity contribution >= 4 is 0 Å². The van der Waals surface area contributed by atoms with Crippen molar-refractivity contribution in [2.24, 2.45) is 5.92 Å². The van der Waals surface area contributed by atoms with E-state index in [2.05, 4.69) is 22.0 Å². The highest BCUT2D eigenvalue weighted by atomic mass is 16.5. The van der Waals surface area contributed by atoms with Crippen molar-refractivity contribution in [3.8, 4) is 0 Å². The molecule has 1 aromatic rings. The quantitative estimate of drug-likeness (QED) is 0.585. The van der Waals surface area contributed by atoms with E-state index in [0.29, 0.717) is 30.8 Å².